The van der Waals surface area contributed by atoms with Crippen LogP contribution in [0.5, 0.6) is 0 Å². The highest BCUT2D eigenvalue weighted by Crippen LogP contribution is 2.31. The molecule has 0 heterocycles. The Labute approximate surface area is 118 Å². The van der Waals surface area contributed by atoms with E-state index in [1.165, 1.54) is 12.8 Å². The largest absolute Gasteiger partial charge is 0.409 e. The molecule has 1 aliphatic carbocycles. The van der Waals surface area contributed by atoms with Crippen molar-refractivity contribution >= 4 is 11.7 Å². The number of amidine groups is 1. The molecule has 1 atom stereocenters. The van der Waals surface area contributed by atoms with Crippen molar-refractivity contribution in [3.05, 3.63) is 35.9 Å². The minimum atomic E-state index is -0.624. The number of carbonyl (C=O) groups is 1. The van der Waals surface area contributed by atoms with E-state index in [2.05, 4.69) is 10.5 Å². The maximum Gasteiger partial charge on any atom is 0.231 e. The molecule has 108 valence electrons. The molecule has 0 bridgehead atoms. The van der Waals surface area contributed by atoms with E-state index < -0.39 is 5.92 Å². The SMILES string of the molecule is NC(=NO)C(Cc1ccccc1)C(=O)NCCC1CC1. The molecule has 1 aromatic rings. The number of nitrogens with two attached hydrogens (primary N) is 1. The van der Waals surface area contributed by atoms with Crippen molar-refractivity contribution in [2.45, 2.75) is 25.7 Å². The van der Waals surface area contributed by atoms with Gasteiger partial charge in [-0.1, -0.05) is 48.3 Å². The summed E-state index contributed by atoms with van der Waals surface area (Å²) in [6.07, 6.45) is 3.99. The molecule has 1 aliphatic rings. The molecule has 1 unspecified atom stereocenters. The predicted molar refractivity (Wildman–Crippen MR) is 77.4 cm³/mol. The lowest BCUT2D eigenvalue weighted by atomic mass is 9.97. The minimum Gasteiger partial charge on any atom is -0.409 e. The summed E-state index contributed by atoms with van der Waals surface area (Å²) >= 11 is 0. The molecular weight excluding hydrogens is 254 g/mol. The first-order valence-corrected chi connectivity index (χ1v) is 6.99. The van der Waals surface area contributed by atoms with E-state index in [1.807, 2.05) is 30.3 Å². The molecule has 1 aromatic carbocycles. The molecule has 4 N–H and O–H groups in total. The predicted octanol–water partition coefficient (Wildman–Crippen LogP) is 1.51. The van der Waals surface area contributed by atoms with Gasteiger partial charge in [-0.3, -0.25) is 4.79 Å². The van der Waals surface area contributed by atoms with Gasteiger partial charge in [0.2, 0.25) is 5.91 Å². The average molecular weight is 275 g/mol. The van der Waals surface area contributed by atoms with Crippen LogP contribution in [0.2, 0.25) is 0 Å². The van der Waals surface area contributed by atoms with E-state index in [0.29, 0.717) is 13.0 Å². The number of carbonyl (C=O) groups excluding carboxylic acids is 1. The van der Waals surface area contributed by atoms with Crippen molar-refractivity contribution < 1.29 is 10.0 Å². The Morgan fingerprint density at radius 1 is 1.40 bits per heavy atom. The highest BCUT2D eigenvalue weighted by molar-refractivity contribution is 6.02. The highest BCUT2D eigenvalue weighted by atomic mass is 16.4. The van der Waals surface area contributed by atoms with Crippen molar-refractivity contribution in [1.82, 2.24) is 5.32 Å². The standard InChI is InChI=1S/C15H21N3O2/c16-14(18-20)13(10-12-4-2-1-3-5-12)15(19)17-9-8-11-6-7-11/h1-5,11,13,20H,6-10H2,(H2,16,18)(H,17,19). The third-order valence-corrected chi connectivity index (χ3v) is 3.62. The average Bonchev–Trinajstić information content (AvgIpc) is 3.29. The number of nitrogens with zero attached hydrogens (tertiary/aromatic N) is 1. The Kier molecular flexibility index (Phi) is 4.98. The summed E-state index contributed by atoms with van der Waals surface area (Å²) in [6, 6.07) is 9.58. The van der Waals surface area contributed by atoms with E-state index in [4.69, 9.17) is 10.9 Å². The van der Waals surface area contributed by atoms with Crippen LogP contribution in [0.15, 0.2) is 35.5 Å². The van der Waals surface area contributed by atoms with Crippen LogP contribution in [0.3, 0.4) is 0 Å². The van der Waals surface area contributed by atoms with Gasteiger partial charge in [0.05, 0.1) is 0 Å². The first kappa shape index (κ1) is 14.4. The van der Waals surface area contributed by atoms with Gasteiger partial charge in [0.15, 0.2) is 5.84 Å². The Balaban J connectivity index is 1.93. The summed E-state index contributed by atoms with van der Waals surface area (Å²) < 4.78 is 0. The lowest BCUT2D eigenvalue weighted by Gasteiger charge is -2.15. The topological polar surface area (TPSA) is 87.7 Å². The van der Waals surface area contributed by atoms with Gasteiger partial charge in [0.25, 0.3) is 0 Å². The number of oxime groups is 1. The molecule has 5 nitrogen and oxygen atoms in total. The van der Waals surface area contributed by atoms with Gasteiger partial charge in [-0.2, -0.15) is 0 Å². The number of nitrogens with one attached hydrogen (secondary N) is 1. The third kappa shape index (κ3) is 4.26. The normalized spacial score (nSPS) is 16.7. The summed E-state index contributed by atoms with van der Waals surface area (Å²) in [5, 5.41) is 14.7. The maximum absolute atomic E-state index is 12.2. The third-order valence-electron chi connectivity index (χ3n) is 3.62. The van der Waals surface area contributed by atoms with Gasteiger partial charge in [-0.05, 0) is 24.3 Å². The molecule has 0 aliphatic heterocycles. The second-order valence-electron chi connectivity index (χ2n) is 5.29. The van der Waals surface area contributed by atoms with Crippen LogP contribution in [0, 0.1) is 11.8 Å². The number of rotatable bonds is 7. The second kappa shape index (κ2) is 6.93. The molecule has 5 heteroatoms. The lowest BCUT2D eigenvalue weighted by Crippen LogP contribution is -2.40. The molecule has 0 radical (unpaired) electrons. The molecule has 0 saturated heterocycles. The zero-order chi connectivity index (χ0) is 14.4. The van der Waals surface area contributed by atoms with E-state index in [9.17, 15) is 4.79 Å². The van der Waals surface area contributed by atoms with Crippen LogP contribution >= 0.6 is 0 Å². The molecule has 0 aromatic heterocycles. The van der Waals surface area contributed by atoms with Crippen molar-refractivity contribution in [3.8, 4) is 0 Å². The van der Waals surface area contributed by atoms with E-state index >= 15 is 0 Å². The maximum atomic E-state index is 12.2. The number of benzene rings is 1. The van der Waals surface area contributed by atoms with Crippen molar-refractivity contribution in [3.63, 3.8) is 0 Å². The van der Waals surface area contributed by atoms with Crippen molar-refractivity contribution in [1.29, 1.82) is 0 Å². The fourth-order valence-corrected chi connectivity index (χ4v) is 2.18. The van der Waals surface area contributed by atoms with Crippen molar-refractivity contribution in [2.24, 2.45) is 22.7 Å². The van der Waals surface area contributed by atoms with Gasteiger partial charge >= 0.3 is 0 Å². The van der Waals surface area contributed by atoms with Crippen LogP contribution in [0.25, 0.3) is 0 Å². The molecule has 1 fully saturated rings. The summed E-state index contributed by atoms with van der Waals surface area (Å²) in [4.78, 5) is 12.2. The smallest absolute Gasteiger partial charge is 0.231 e. The Morgan fingerprint density at radius 2 is 2.10 bits per heavy atom. The van der Waals surface area contributed by atoms with Crippen LogP contribution in [-0.2, 0) is 11.2 Å². The van der Waals surface area contributed by atoms with Crippen LogP contribution in [0.4, 0.5) is 0 Å². The first-order chi connectivity index (χ1) is 9.70. The monoisotopic (exact) mass is 275 g/mol. The summed E-state index contributed by atoms with van der Waals surface area (Å²) in [7, 11) is 0. The summed E-state index contributed by atoms with van der Waals surface area (Å²) in [6.45, 7) is 0.660. The molecular formula is C15H21N3O2. The lowest BCUT2D eigenvalue weighted by molar-refractivity contribution is -0.123. The first-order valence-electron chi connectivity index (χ1n) is 6.99. The zero-order valence-corrected chi connectivity index (χ0v) is 11.5. The van der Waals surface area contributed by atoms with Crippen LogP contribution in [-0.4, -0.2) is 23.5 Å². The number of hydrogen-bond acceptors (Lipinski definition) is 3. The van der Waals surface area contributed by atoms with Gasteiger partial charge in [-0.25, -0.2) is 0 Å². The summed E-state index contributed by atoms with van der Waals surface area (Å²) in [5.41, 5.74) is 6.64. The van der Waals surface area contributed by atoms with E-state index in [0.717, 1.165) is 17.9 Å². The van der Waals surface area contributed by atoms with Gasteiger partial charge in [-0.15, -0.1) is 0 Å². The number of hydrogen-bond donors (Lipinski definition) is 3. The Hall–Kier alpha value is -2.04. The van der Waals surface area contributed by atoms with Gasteiger partial charge in [0.1, 0.15) is 5.92 Å². The zero-order valence-electron chi connectivity index (χ0n) is 11.5. The molecule has 2 rings (SSSR count). The summed E-state index contributed by atoms with van der Waals surface area (Å²) in [5.74, 6) is -0.0732. The van der Waals surface area contributed by atoms with Gasteiger partial charge < -0.3 is 16.3 Å². The quantitative estimate of drug-likeness (QED) is 0.305. The fraction of sp³-hybridized carbons (Fsp3) is 0.467. The van der Waals surface area contributed by atoms with E-state index in [-0.39, 0.29) is 11.7 Å². The Morgan fingerprint density at radius 3 is 2.70 bits per heavy atom. The van der Waals surface area contributed by atoms with Crippen LogP contribution in [0.1, 0.15) is 24.8 Å². The van der Waals surface area contributed by atoms with Crippen LogP contribution < -0.4 is 11.1 Å². The molecule has 1 amide bonds. The molecule has 0 spiro atoms. The van der Waals surface area contributed by atoms with Gasteiger partial charge in [0, 0.05) is 6.54 Å². The molecule has 20 heavy (non-hydrogen) atoms. The highest BCUT2D eigenvalue weighted by Gasteiger charge is 2.25. The minimum absolute atomic E-state index is 0.0437. The fourth-order valence-electron chi connectivity index (χ4n) is 2.18. The van der Waals surface area contributed by atoms with E-state index in [1.54, 1.807) is 0 Å². The number of amides is 1. The molecule has 1 saturated carbocycles. The second-order valence-corrected chi connectivity index (χ2v) is 5.29. The van der Waals surface area contributed by atoms with Crippen molar-refractivity contribution in [2.75, 3.05) is 6.54 Å². The Bertz CT molecular complexity index is 469.